The largest absolute Gasteiger partial charge is 0.508 e. The number of alkyl halides is 3. The Hall–Kier alpha value is -2.22. The third-order valence-electron chi connectivity index (χ3n) is 4.17. The smallest absolute Gasteiger partial charge is 0.460 e. The molecule has 5 nitrogen and oxygen atoms in total. The number of hydrogen-bond acceptors (Lipinski definition) is 5. The normalized spacial score (nSPS) is 20.3. The number of aromatic hydroxyl groups is 1. The minimum atomic E-state index is -5.06. The molecule has 0 bridgehead atoms. The Labute approximate surface area is 155 Å². The SMILES string of the molecule is CCCC(CC)OC1(C(F)(F)F)Oc2cc(O)ccc2C=C1C(=O)OCC. The van der Waals surface area contributed by atoms with Gasteiger partial charge in [0.05, 0.1) is 12.7 Å². The molecule has 0 aromatic heterocycles. The van der Waals surface area contributed by atoms with Crippen LogP contribution in [0.3, 0.4) is 0 Å². The zero-order valence-corrected chi connectivity index (χ0v) is 15.4. The molecule has 8 heteroatoms. The predicted octanol–water partition coefficient (Wildman–Crippen LogP) is 4.59. The number of esters is 1. The lowest BCUT2D eigenvalue weighted by molar-refractivity contribution is -0.346. The highest BCUT2D eigenvalue weighted by atomic mass is 19.4. The quantitative estimate of drug-likeness (QED) is 0.693. The summed E-state index contributed by atoms with van der Waals surface area (Å²) >= 11 is 0. The van der Waals surface area contributed by atoms with Gasteiger partial charge in [0.1, 0.15) is 17.1 Å². The van der Waals surface area contributed by atoms with E-state index in [1.165, 1.54) is 19.1 Å². The molecule has 1 aromatic rings. The van der Waals surface area contributed by atoms with E-state index < -0.39 is 29.6 Å². The molecule has 1 aliphatic heterocycles. The molecule has 1 N–H and O–H groups in total. The Balaban J connectivity index is 2.64. The zero-order valence-electron chi connectivity index (χ0n) is 15.4. The number of ether oxygens (including phenoxy) is 3. The van der Waals surface area contributed by atoms with Gasteiger partial charge in [-0.3, -0.25) is 0 Å². The fourth-order valence-corrected chi connectivity index (χ4v) is 2.86. The number of fused-ring (bicyclic) bond motifs is 1. The van der Waals surface area contributed by atoms with E-state index in [2.05, 4.69) is 0 Å². The second kappa shape index (κ2) is 8.21. The maximum Gasteiger partial charge on any atom is 0.460 e. The molecule has 27 heavy (non-hydrogen) atoms. The first-order valence-corrected chi connectivity index (χ1v) is 8.84. The second-order valence-corrected chi connectivity index (χ2v) is 6.15. The molecule has 1 aliphatic rings. The van der Waals surface area contributed by atoms with Gasteiger partial charge in [-0.15, -0.1) is 0 Å². The van der Waals surface area contributed by atoms with E-state index in [9.17, 15) is 23.1 Å². The van der Waals surface area contributed by atoms with Crippen molar-refractivity contribution in [2.75, 3.05) is 6.61 Å². The van der Waals surface area contributed by atoms with Gasteiger partial charge in [0.15, 0.2) is 0 Å². The minimum Gasteiger partial charge on any atom is -0.508 e. The van der Waals surface area contributed by atoms with Crippen LogP contribution in [-0.4, -0.2) is 35.8 Å². The van der Waals surface area contributed by atoms with E-state index in [1.807, 2.05) is 6.92 Å². The van der Waals surface area contributed by atoms with Gasteiger partial charge in [0.25, 0.3) is 0 Å². The fraction of sp³-hybridized carbons (Fsp3) is 0.526. The molecule has 0 saturated heterocycles. The van der Waals surface area contributed by atoms with Crippen molar-refractivity contribution >= 4 is 12.0 Å². The summed E-state index contributed by atoms with van der Waals surface area (Å²) in [6.07, 6.45) is -3.53. The molecular formula is C19H23F3O5. The number of hydrogen-bond donors (Lipinski definition) is 1. The Kier molecular flexibility index (Phi) is 6.41. The number of phenolic OH excluding ortho intramolecular Hbond substituents is 1. The fourth-order valence-electron chi connectivity index (χ4n) is 2.86. The van der Waals surface area contributed by atoms with Gasteiger partial charge in [0, 0.05) is 11.6 Å². The number of halogens is 3. The second-order valence-electron chi connectivity index (χ2n) is 6.15. The van der Waals surface area contributed by atoms with Gasteiger partial charge in [-0.25, -0.2) is 4.79 Å². The summed E-state index contributed by atoms with van der Waals surface area (Å²) in [7, 11) is 0. The van der Waals surface area contributed by atoms with Crippen molar-refractivity contribution in [2.45, 2.75) is 58.1 Å². The summed E-state index contributed by atoms with van der Waals surface area (Å²) in [5.41, 5.74) is -0.563. The van der Waals surface area contributed by atoms with Crippen LogP contribution in [0.2, 0.25) is 0 Å². The Morgan fingerprint density at radius 1 is 1.30 bits per heavy atom. The zero-order chi connectivity index (χ0) is 20.2. The van der Waals surface area contributed by atoms with Crippen LogP contribution in [0.4, 0.5) is 13.2 Å². The van der Waals surface area contributed by atoms with Crippen LogP contribution in [-0.2, 0) is 14.3 Å². The Morgan fingerprint density at radius 2 is 2.00 bits per heavy atom. The Bertz CT molecular complexity index is 714. The molecular weight excluding hydrogens is 365 g/mol. The van der Waals surface area contributed by atoms with Crippen molar-refractivity contribution in [3.8, 4) is 11.5 Å². The molecule has 0 aliphatic carbocycles. The van der Waals surface area contributed by atoms with Gasteiger partial charge in [0.2, 0.25) is 0 Å². The van der Waals surface area contributed by atoms with E-state index in [-0.39, 0.29) is 23.7 Å². The van der Waals surface area contributed by atoms with Crippen molar-refractivity contribution in [1.29, 1.82) is 0 Å². The molecule has 0 fully saturated rings. The average Bonchev–Trinajstić information content (AvgIpc) is 2.59. The first kappa shape index (κ1) is 21.1. The molecule has 2 atom stereocenters. The monoisotopic (exact) mass is 388 g/mol. The summed E-state index contributed by atoms with van der Waals surface area (Å²) in [6, 6.07) is 3.70. The van der Waals surface area contributed by atoms with Crippen LogP contribution in [0.5, 0.6) is 11.5 Å². The molecule has 1 aromatic carbocycles. The maximum atomic E-state index is 14.2. The predicted molar refractivity (Wildman–Crippen MR) is 92.2 cm³/mol. The lowest BCUT2D eigenvalue weighted by atomic mass is 9.97. The third kappa shape index (κ3) is 4.21. The number of carbonyl (C=O) groups is 1. The molecule has 0 amide bonds. The number of carbonyl (C=O) groups excluding carboxylic acids is 1. The summed E-state index contributed by atoms with van der Waals surface area (Å²) < 4.78 is 58.1. The van der Waals surface area contributed by atoms with Gasteiger partial charge in [-0.2, -0.15) is 13.2 Å². The summed E-state index contributed by atoms with van der Waals surface area (Å²) in [6.45, 7) is 4.92. The third-order valence-corrected chi connectivity index (χ3v) is 4.17. The van der Waals surface area contributed by atoms with E-state index in [1.54, 1.807) is 6.92 Å². The minimum absolute atomic E-state index is 0.0985. The van der Waals surface area contributed by atoms with Crippen LogP contribution < -0.4 is 4.74 Å². The standard InChI is InChI=1S/C19H23F3O5/c1-4-7-14(5-2)26-18(19(20,21)22)15(17(24)25-6-3)10-12-8-9-13(23)11-16(12)27-18/h8-11,14,23H,4-7H2,1-3H3. The van der Waals surface area contributed by atoms with E-state index in [0.717, 1.165) is 12.1 Å². The van der Waals surface area contributed by atoms with Crippen molar-refractivity contribution < 1.29 is 37.3 Å². The van der Waals surface area contributed by atoms with Gasteiger partial charge in [-0.1, -0.05) is 20.3 Å². The van der Waals surface area contributed by atoms with Gasteiger partial charge >= 0.3 is 17.9 Å². The van der Waals surface area contributed by atoms with Crippen molar-refractivity contribution in [2.24, 2.45) is 0 Å². The summed E-state index contributed by atoms with van der Waals surface area (Å²) in [5.74, 6) is -4.97. The summed E-state index contributed by atoms with van der Waals surface area (Å²) in [4.78, 5) is 12.4. The molecule has 150 valence electrons. The first-order chi connectivity index (χ1) is 12.7. The number of rotatable bonds is 7. The molecule has 2 rings (SSSR count). The first-order valence-electron chi connectivity index (χ1n) is 8.84. The van der Waals surface area contributed by atoms with Crippen LogP contribution in [0.15, 0.2) is 23.8 Å². The Morgan fingerprint density at radius 3 is 2.56 bits per heavy atom. The van der Waals surface area contributed by atoms with Crippen molar-refractivity contribution in [1.82, 2.24) is 0 Å². The van der Waals surface area contributed by atoms with Crippen LogP contribution in [0.25, 0.3) is 6.08 Å². The van der Waals surface area contributed by atoms with Crippen molar-refractivity contribution in [3.63, 3.8) is 0 Å². The molecule has 0 spiro atoms. The lowest BCUT2D eigenvalue weighted by Crippen LogP contribution is -2.58. The molecule has 1 heterocycles. The highest BCUT2D eigenvalue weighted by molar-refractivity contribution is 5.97. The highest BCUT2D eigenvalue weighted by Crippen LogP contribution is 2.48. The molecule has 0 radical (unpaired) electrons. The number of benzene rings is 1. The van der Waals surface area contributed by atoms with Crippen LogP contribution in [0.1, 0.15) is 45.6 Å². The van der Waals surface area contributed by atoms with Crippen LogP contribution in [0, 0.1) is 0 Å². The lowest BCUT2D eigenvalue weighted by Gasteiger charge is -2.41. The molecule has 2 unspecified atom stereocenters. The summed E-state index contributed by atoms with van der Waals surface area (Å²) in [5, 5.41) is 9.62. The number of phenols is 1. The molecule has 0 saturated carbocycles. The van der Waals surface area contributed by atoms with E-state index in [0.29, 0.717) is 19.3 Å². The maximum absolute atomic E-state index is 14.2. The van der Waals surface area contributed by atoms with Gasteiger partial charge in [-0.05, 0) is 38.0 Å². The van der Waals surface area contributed by atoms with Gasteiger partial charge < -0.3 is 19.3 Å². The highest BCUT2D eigenvalue weighted by Gasteiger charge is 2.66. The van der Waals surface area contributed by atoms with Crippen LogP contribution >= 0.6 is 0 Å². The topological polar surface area (TPSA) is 65.0 Å². The van der Waals surface area contributed by atoms with E-state index in [4.69, 9.17) is 14.2 Å². The van der Waals surface area contributed by atoms with Crippen molar-refractivity contribution in [3.05, 3.63) is 29.3 Å². The van der Waals surface area contributed by atoms with E-state index >= 15 is 0 Å². The average molecular weight is 388 g/mol.